The molecule has 2 amide bonds. The molecule has 1 heterocycles. The van der Waals surface area contributed by atoms with E-state index in [9.17, 15) is 14.4 Å². The summed E-state index contributed by atoms with van der Waals surface area (Å²) in [5, 5.41) is 1.02. The highest BCUT2D eigenvalue weighted by atomic mass is 35.5. The van der Waals surface area contributed by atoms with Crippen molar-refractivity contribution >= 4 is 41.1 Å². The number of fused-ring (bicyclic) bond motifs is 1. The molecule has 3 aromatic carbocycles. The van der Waals surface area contributed by atoms with E-state index in [1.54, 1.807) is 24.3 Å². The summed E-state index contributed by atoms with van der Waals surface area (Å²) < 4.78 is 0. The number of benzene rings is 3. The van der Waals surface area contributed by atoms with Gasteiger partial charge in [0.1, 0.15) is 0 Å². The van der Waals surface area contributed by atoms with Crippen molar-refractivity contribution in [2.75, 3.05) is 5.75 Å². The molecule has 0 aliphatic carbocycles. The van der Waals surface area contributed by atoms with Crippen molar-refractivity contribution < 1.29 is 19.2 Å². The van der Waals surface area contributed by atoms with Crippen LogP contribution < -0.4 is 0 Å². The molecule has 0 saturated carbocycles. The minimum Gasteiger partial charge on any atom is -0.329 e. The Balaban J connectivity index is 1.46. The Morgan fingerprint density at radius 1 is 0.833 bits per heavy atom. The molecular formula is C23H16ClNO4S. The van der Waals surface area contributed by atoms with E-state index in [4.69, 9.17) is 16.4 Å². The number of nitrogens with zero attached hydrogens (tertiary/aromatic N) is 1. The van der Waals surface area contributed by atoms with Gasteiger partial charge in [-0.25, -0.2) is 4.79 Å². The van der Waals surface area contributed by atoms with E-state index in [1.807, 2.05) is 42.5 Å². The highest BCUT2D eigenvalue weighted by Crippen LogP contribution is 2.36. The van der Waals surface area contributed by atoms with Gasteiger partial charge in [-0.05, 0) is 35.4 Å². The molecule has 4 rings (SSSR count). The second kappa shape index (κ2) is 8.73. The predicted molar refractivity (Wildman–Crippen MR) is 115 cm³/mol. The van der Waals surface area contributed by atoms with Crippen molar-refractivity contribution in [2.45, 2.75) is 5.25 Å². The van der Waals surface area contributed by atoms with E-state index in [0.29, 0.717) is 10.1 Å². The largest absolute Gasteiger partial charge is 0.343 e. The van der Waals surface area contributed by atoms with Crippen molar-refractivity contribution in [2.24, 2.45) is 0 Å². The molecule has 0 fully saturated rings. The Hall–Kier alpha value is -3.09. The molecule has 30 heavy (non-hydrogen) atoms. The Kier molecular flexibility index (Phi) is 5.88. The van der Waals surface area contributed by atoms with Crippen LogP contribution in [0.25, 0.3) is 0 Å². The fourth-order valence-electron chi connectivity index (χ4n) is 3.18. The van der Waals surface area contributed by atoms with Crippen LogP contribution in [0.1, 0.15) is 37.1 Å². The average molecular weight is 438 g/mol. The first-order valence-corrected chi connectivity index (χ1v) is 10.6. The van der Waals surface area contributed by atoms with E-state index in [-0.39, 0.29) is 22.1 Å². The maximum Gasteiger partial charge on any atom is 0.343 e. The summed E-state index contributed by atoms with van der Waals surface area (Å²) in [6.45, 7) is 0. The summed E-state index contributed by atoms with van der Waals surface area (Å²) in [5.74, 6) is -1.99. The van der Waals surface area contributed by atoms with Gasteiger partial charge in [0, 0.05) is 5.02 Å². The van der Waals surface area contributed by atoms with Crippen molar-refractivity contribution in [1.82, 2.24) is 5.06 Å². The zero-order valence-electron chi connectivity index (χ0n) is 15.7. The standard InChI is InChI=1S/C23H16ClNO4S/c24-17-12-10-16(11-13-17)21(15-6-2-1-3-7-15)30-14-20(26)29-25-22(27)18-8-4-5-9-19(18)23(25)28/h1-13,21H,14H2. The molecule has 3 aromatic rings. The maximum atomic E-state index is 12.5. The number of hydroxylamine groups is 2. The SMILES string of the molecule is O=C(CSC(c1ccccc1)c1ccc(Cl)cc1)ON1C(=O)c2ccccc2C1=O. The van der Waals surface area contributed by atoms with E-state index < -0.39 is 17.8 Å². The molecule has 1 aliphatic rings. The lowest BCUT2D eigenvalue weighted by Crippen LogP contribution is -2.33. The third-order valence-electron chi connectivity index (χ3n) is 4.59. The van der Waals surface area contributed by atoms with Crippen LogP contribution in [0.4, 0.5) is 0 Å². The van der Waals surface area contributed by atoms with Crippen molar-refractivity contribution in [3.8, 4) is 0 Å². The second-order valence-electron chi connectivity index (χ2n) is 6.57. The van der Waals surface area contributed by atoms with Crippen LogP contribution in [0.3, 0.4) is 0 Å². The number of carbonyl (C=O) groups excluding carboxylic acids is 3. The highest BCUT2D eigenvalue weighted by Gasteiger charge is 2.38. The minimum absolute atomic E-state index is 0.0460. The van der Waals surface area contributed by atoms with Crippen LogP contribution in [0.2, 0.25) is 5.02 Å². The van der Waals surface area contributed by atoms with Gasteiger partial charge >= 0.3 is 5.97 Å². The second-order valence-corrected chi connectivity index (χ2v) is 8.10. The molecule has 0 radical (unpaired) electrons. The van der Waals surface area contributed by atoms with E-state index >= 15 is 0 Å². The maximum absolute atomic E-state index is 12.5. The zero-order chi connectivity index (χ0) is 21.1. The van der Waals surface area contributed by atoms with Gasteiger partial charge in [-0.3, -0.25) is 9.59 Å². The molecule has 150 valence electrons. The third-order valence-corrected chi connectivity index (χ3v) is 6.12. The van der Waals surface area contributed by atoms with E-state index in [1.165, 1.54) is 23.9 Å². The van der Waals surface area contributed by atoms with E-state index in [0.717, 1.165) is 11.1 Å². The first-order chi connectivity index (χ1) is 14.5. The van der Waals surface area contributed by atoms with Gasteiger partial charge in [0.15, 0.2) is 0 Å². The van der Waals surface area contributed by atoms with Gasteiger partial charge in [0.05, 0.1) is 22.1 Å². The van der Waals surface area contributed by atoms with E-state index in [2.05, 4.69) is 0 Å². The lowest BCUT2D eigenvalue weighted by Gasteiger charge is -2.18. The van der Waals surface area contributed by atoms with Crippen LogP contribution in [-0.4, -0.2) is 28.6 Å². The summed E-state index contributed by atoms with van der Waals surface area (Å²) in [7, 11) is 0. The van der Waals surface area contributed by atoms with Crippen LogP contribution in [-0.2, 0) is 9.63 Å². The summed E-state index contributed by atoms with van der Waals surface area (Å²) in [6.07, 6.45) is 0. The number of hydrogen-bond donors (Lipinski definition) is 0. The molecule has 0 saturated heterocycles. The molecule has 1 atom stereocenters. The minimum atomic E-state index is -0.676. The van der Waals surface area contributed by atoms with Crippen LogP contribution in [0.15, 0.2) is 78.9 Å². The Bertz CT molecular complexity index is 1070. The lowest BCUT2D eigenvalue weighted by atomic mass is 10.0. The quantitative estimate of drug-likeness (QED) is 0.512. The number of thioether (sulfide) groups is 1. The number of rotatable bonds is 6. The molecule has 0 bridgehead atoms. The zero-order valence-corrected chi connectivity index (χ0v) is 17.2. The molecule has 1 aliphatic heterocycles. The first-order valence-electron chi connectivity index (χ1n) is 9.15. The predicted octanol–water partition coefficient (Wildman–Crippen LogP) is 4.92. The Labute approximate surface area is 182 Å². The van der Waals surface area contributed by atoms with Crippen LogP contribution >= 0.6 is 23.4 Å². The van der Waals surface area contributed by atoms with Crippen LogP contribution in [0, 0.1) is 0 Å². The van der Waals surface area contributed by atoms with Gasteiger partial charge in [0.2, 0.25) is 0 Å². The number of carbonyl (C=O) groups is 3. The topological polar surface area (TPSA) is 63.7 Å². The smallest absolute Gasteiger partial charge is 0.329 e. The van der Waals surface area contributed by atoms with Crippen molar-refractivity contribution in [3.63, 3.8) is 0 Å². The normalized spacial score (nSPS) is 13.8. The van der Waals surface area contributed by atoms with Crippen LogP contribution in [0.5, 0.6) is 0 Å². The summed E-state index contributed by atoms with van der Waals surface area (Å²) in [4.78, 5) is 42.3. The fraction of sp³-hybridized carbons (Fsp3) is 0.0870. The van der Waals surface area contributed by atoms with Gasteiger partial charge < -0.3 is 4.84 Å². The lowest BCUT2D eigenvalue weighted by molar-refractivity contribution is -0.165. The monoisotopic (exact) mass is 437 g/mol. The molecular weight excluding hydrogens is 422 g/mol. The highest BCUT2D eigenvalue weighted by molar-refractivity contribution is 8.00. The Morgan fingerprint density at radius 2 is 1.37 bits per heavy atom. The van der Waals surface area contributed by atoms with Crippen molar-refractivity contribution in [1.29, 1.82) is 0 Å². The van der Waals surface area contributed by atoms with Gasteiger partial charge in [-0.15, -0.1) is 11.8 Å². The van der Waals surface area contributed by atoms with Gasteiger partial charge in [0.25, 0.3) is 11.8 Å². The summed E-state index contributed by atoms with van der Waals surface area (Å²) in [6, 6.07) is 23.5. The first kappa shape index (κ1) is 20.2. The number of hydrogen-bond acceptors (Lipinski definition) is 5. The number of amides is 2. The third kappa shape index (κ3) is 4.10. The summed E-state index contributed by atoms with van der Waals surface area (Å²) >= 11 is 7.34. The summed E-state index contributed by atoms with van der Waals surface area (Å²) in [5.41, 5.74) is 2.44. The molecule has 5 nitrogen and oxygen atoms in total. The number of imide groups is 1. The van der Waals surface area contributed by atoms with Gasteiger partial charge in [-0.1, -0.05) is 71.3 Å². The number of halogens is 1. The fourth-order valence-corrected chi connectivity index (χ4v) is 4.36. The Morgan fingerprint density at radius 3 is 1.97 bits per heavy atom. The average Bonchev–Trinajstić information content (AvgIpc) is 3.01. The van der Waals surface area contributed by atoms with Crippen molar-refractivity contribution in [3.05, 3.63) is 106 Å². The molecule has 7 heteroatoms. The molecule has 0 spiro atoms. The van der Waals surface area contributed by atoms with Gasteiger partial charge in [-0.2, -0.15) is 0 Å². The molecule has 0 aromatic heterocycles. The molecule has 0 N–H and O–H groups in total. The molecule has 1 unspecified atom stereocenters.